The summed E-state index contributed by atoms with van der Waals surface area (Å²) in [5.41, 5.74) is 2.00. The fraction of sp³-hybridized carbons (Fsp3) is 0.429. The van der Waals surface area contributed by atoms with Crippen LogP contribution in [0.25, 0.3) is 0 Å². The summed E-state index contributed by atoms with van der Waals surface area (Å²) in [5, 5.41) is 3.81. The first kappa shape index (κ1) is 12.0. The third-order valence-electron chi connectivity index (χ3n) is 3.66. The van der Waals surface area contributed by atoms with E-state index in [1.54, 1.807) is 0 Å². The van der Waals surface area contributed by atoms with Crippen molar-refractivity contribution < 1.29 is 9.32 Å². The third-order valence-corrected chi connectivity index (χ3v) is 3.66. The van der Waals surface area contributed by atoms with Crippen LogP contribution in [0.15, 0.2) is 28.9 Å². The first-order valence-electron chi connectivity index (χ1n) is 6.52. The van der Waals surface area contributed by atoms with E-state index in [0.29, 0.717) is 5.76 Å². The topological polar surface area (TPSA) is 51.3 Å². The van der Waals surface area contributed by atoms with Crippen LogP contribution in [-0.2, 0) is 17.8 Å². The van der Waals surface area contributed by atoms with Crippen molar-refractivity contribution in [3.8, 4) is 0 Å². The van der Waals surface area contributed by atoms with Crippen molar-refractivity contribution in [3.63, 3.8) is 0 Å². The lowest BCUT2D eigenvalue weighted by Gasteiger charge is -2.34. The summed E-state index contributed by atoms with van der Waals surface area (Å²) >= 11 is 0. The van der Waals surface area contributed by atoms with Crippen LogP contribution in [0.1, 0.15) is 30.1 Å². The van der Waals surface area contributed by atoms with Gasteiger partial charge in [-0.2, -0.15) is 0 Å². The molecule has 1 unspecified atom stereocenters. The number of amides is 1. The van der Waals surface area contributed by atoms with Gasteiger partial charge in [0.15, 0.2) is 0 Å². The first-order valence-corrected chi connectivity index (χ1v) is 6.52. The van der Waals surface area contributed by atoms with Crippen LogP contribution >= 0.6 is 0 Å². The van der Waals surface area contributed by atoms with Crippen LogP contribution in [0, 0.1) is 6.92 Å². The maximum atomic E-state index is 12.3. The zero-order valence-corrected chi connectivity index (χ0v) is 11.2. The molecule has 2 aromatic heterocycles. The molecule has 1 amide bonds. The minimum absolute atomic E-state index is 0.0936. The van der Waals surface area contributed by atoms with E-state index in [9.17, 15) is 4.79 Å². The summed E-state index contributed by atoms with van der Waals surface area (Å²) in [6.45, 7) is 5.52. The lowest BCUT2D eigenvalue weighted by Crippen LogP contribution is -2.41. The van der Waals surface area contributed by atoms with Crippen molar-refractivity contribution in [3.05, 3.63) is 41.5 Å². The van der Waals surface area contributed by atoms with Gasteiger partial charge in [-0.3, -0.25) is 4.79 Å². The molecule has 1 aliphatic heterocycles. The molecule has 2 aromatic rings. The number of carbonyl (C=O) groups excluding carboxylic acids is 1. The van der Waals surface area contributed by atoms with Crippen LogP contribution < -0.4 is 0 Å². The van der Waals surface area contributed by atoms with Gasteiger partial charge in [0.05, 0.1) is 18.2 Å². The highest BCUT2D eigenvalue weighted by Gasteiger charge is 2.27. The average molecular weight is 259 g/mol. The Balaban J connectivity index is 1.74. The number of carbonyl (C=O) groups is 1. The average Bonchev–Trinajstić information content (AvgIpc) is 2.99. The minimum atomic E-state index is 0.0936. The van der Waals surface area contributed by atoms with Crippen LogP contribution in [0.3, 0.4) is 0 Å². The van der Waals surface area contributed by atoms with Gasteiger partial charge in [-0.05, 0) is 26.0 Å². The molecule has 0 fully saturated rings. The van der Waals surface area contributed by atoms with Crippen LogP contribution in [0.2, 0.25) is 0 Å². The number of hydrogen-bond acceptors (Lipinski definition) is 3. The van der Waals surface area contributed by atoms with Crippen molar-refractivity contribution in [1.82, 2.24) is 14.6 Å². The number of fused-ring (bicyclic) bond motifs is 1. The number of nitrogens with zero attached hydrogens (tertiary/aromatic N) is 3. The Hall–Kier alpha value is -2.04. The molecule has 3 heterocycles. The number of aromatic nitrogens is 2. The van der Waals surface area contributed by atoms with E-state index in [2.05, 4.69) is 28.9 Å². The van der Waals surface area contributed by atoms with E-state index in [1.807, 2.05) is 24.0 Å². The van der Waals surface area contributed by atoms with Gasteiger partial charge >= 0.3 is 0 Å². The summed E-state index contributed by atoms with van der Waals surface area (Å²) in [6.07, 6.45) is 2.35. The monoisotopic (exact) mass is 259 g/mol. The lowest BCUT2D eigenvalue weighted by atomic mass is 10.1. The molecule has 0 aromatic carbocycles. The molecule has 3 rings (SSSR count). The van der Waals surface area contributed by atoms with Gasteiger partial charge < -0.3 is 14.0 Å². The first-order chi connectivity index (χ1) is 9.15. The number of rotatable bonds is 2. The third kappa shape index (κ3) is 2.16. The van der Waals surface area contributed by atoms with Gasteiger partial charge in [-0.1, -0.05) is 5.16 Å². The Labute approximate surface area is 111 Å². The van der Waals surface area contributed by atoms with Gasteiger partial charge in [-0.15, -0.1) is 0 Å². The Kier molecular flexibility index (Phi) is 2.89. The molecule has 0 bridgehead atoms. The molecule has 1 atom stereocenters. The van der Waals surface area contributed by atoms with E-state index < -0.39 is 0 Å². The van der Waals surface area contributed by atoms with E-state index in [4.69, 9.17) is 4.52 Å². The van der Waals surface area contributed by atoms with E-state index in [-0.39, 0.29) is 18.4 Å². The summed E-state index contributed by atoms with van der Waals surface area (Å²) in [5.74, 6) is 0.728. The van der Waals surface area contributed by atoms with Gasteiger partial charge in [0.25, 0.3) is 0 Å². The normalized spacial score (nSPS) is 18.4. The second-order valence-electron chi connectivity index (χ2n) is 5.00. The second kappa shape index (κ2) is 4.57. The van der Waals surface area contributed by atoms with Gasteiger partial charge in [0, 0.05) is 31.0 Å². The Morgan fingerprint density at radius 2 is 2.37 bits per heavy atom. The molecule has 1 aliphatic rings. The molecule has 5 heteroatoms. The maximum absolute atomic E-state index is 12.3. The predicted molar refractivity (Wildman–Crippen MR) is 69.5 cm³/mol. The molecule has 0 radical (unpaired) electrons. The Bertz CT molecular complexity index is 599. The minimum Gasteiger partial charge on any atom is -0.361 e. The number of aryl methyl sites for hydroxylation is 1. The van der Waals surface area contributed by atoms with Crippen molar-refractivity contribution in [2.45, 2.75) is 32.9 Å². The van der Waals surface area contributed by atoms with Gasteiger partial charge in [0.1, 0.15) is 5.76 Å². The molecule has 100 valence electrons. The largest absolute Gasteiger partial charge is 0.361 e. The number of hydrogen-bond donors (Lipinski definition) is 0. The molecule has 5 nitrogen and oxygen atoms in total. The summed E-state index contributed by atoms with van der Waals surface area (Å²) in [4.78, 5) is 14.3. The van der Waals surface area contributed by atoms with Crippen molar-refractivity contribution in [2.24, 2.45) is 0 Å². The molecular formula is C14H17N3O2. The fourth-order valence-electron chi connectivity index (χ4n) is 2.67. The molecular weight excluding hydrogens is 242 g/mol. The van der Waals surface area contributed by atoms with Crippen LogP contribution in [0.4, 0.5) is 0 Å². The maximum Gasteiger partial charge on any atom is 0.230 e. The SMILES string of the molecule is Cc1cc(CC(=O)N2CCn3cccc3C2C)on1. The van der Waals surface area contributed by atoms with Gasteiger partial charge in [-0.25, -0.2) is 0 Å². The predicted octanol–water partition coefficient (Wildman–Crippen LogP) is 1.93. The Morgan fingerprint density at radius 1 is 1.53 bits per heavy atom. The van der Waals surface area contributed by atoms with Crippen molar-refractivity contribution in [2.75, 3.05) is 6.54 Å². The smallest absolute Gasteiger partial charge is 0.230 e. The summed E-state index contributed by atoms with van der Waals surface area (Å²) in [6, 6.07) is 6.03. The zero-order chi connectivity index (χ0) is 13.4. The van der Waals surface area contributed by atoms with Crippen LogP contribution in [0.5, 0.6) is 0 Å². The highest BCUT2D eigenvalue weighted by molar-refractivity contribution is 5.78. The second-order valence-corrected chi connectivity index (χ2v) is 5.00. The fourth-order valence-corrected chi connectivity index (χ4v) is 2.67. The van der Waals surface area contributed by atoms with E-state index in [0.717, 1.165) is 18.8 Å². The van der Waals surface area contributed by atoms with Crippen molar-refractivity contribution in [1.29, 1.82) is 0 Å². The molecule has 19 heavy (non-hydrogen) atoms. The molecule has 0 aliphatic carbocycles. The van der Waals surface area contributed by atoms with E-state index >= 15 is 0 Å². The summed E-state index contributed by atoms with van der Waals surface area (Å²) < 4.78 is 7.31. The summed E-state index contributed by atoms with van der Waals surface area (Å²) in [7, 11) is 0. The van der Waals surface area contributed by atoms with Crippen molar-refractivity contribution >= 4 is 5.91 Å². The lowest BCUT2D eigenvalue weighted by molar-refractivity contribution is -0.134. The van der Waals surface area contributed by atoms with E-state index in [1.165, 1.54) is 5.69 Å². The highest BCUT2D eigenvalue weighted by Crippen LogP contribution is 2.25. The Morgan fingerprint density at radius 3 is 3.11 bits per heavy atom. The molecule has 0 saturated heterocycles. The highest BCUT2D eigenvalue weighted by atomic mass is 16.5. The molecule has 0 spiro atoms. The molecule has 0 saturated carbocycles. The van der Waals surface area contributed by atoms with Crippen LogP contribution in [-0.4, -0.2) is 27.1 Å². The molecule has 0 N–H and O–H groups in total. The van der Waals surface area contributed by atoms with Gasteiger partial charge in [0.2, 0.25) is 5.91 Å². The quantitative estimate of drug-likeness (QED) is 0.828. The zero-order valence-electron chi connectivity index (χ0n) is 11.2. The standard InChI is InChI=1S/C14H17N3O2/c1-10-8-12(19-15-10)9-14(18)17-7-6-16-5-3-4-13(16)11(17)2/h3-5,8,11H,6-7,9H2,1-2H3.